The fourth-order valence-electron chi connectivity index (χ4n) is 0.581. The number of carbonyl (C=O) groups is 1. The summed E-state index contributed by atoms with van der Waals surface area (Å²) in [5.41, 5.74) is 0.331. The van der Waals surface area contributed by atoms with E-state index in [1.807, 2.05) is 0 Å². The molecule has 8 heteroatoms. The summed E-state index contributed by atoms with van der Waals surface area (Å²) in [5.74, 6) is -0.879. The molecule has 1 aromatic rings. The van der Waals surface area contributed by atoms with Gasteiger partial charge in [-0.15, -0.1) is 0 Å². The van der Waals surface area contributed by atoms with Gasteiger partial charge in [0.05, 0.1) is 5.56 Å². The molecule has 89 valence electrons. The fourth-order valence-corrected chi connectivity index (χ4v) is 0.581. The van der Waals surface area contributed by atoms with Crippen molar-refractivity contribution >= 4 is 16.4 Å². The Morgan fingerprint density at radius 3 is 1.60 bits per heavy atom. The van der Waals surface area contributed by atoms with Crippen LogP contribution in [0.3, 0.4) is 0 Å². The zero-order valence-corrected chi connectivity index (χ0v) is 8.92. The van der Waals surface area contributed by atoms with E-state index >= 15 is 0 Å². The molecule has 0 saturated heterocycles. The summed E-state index contributed by atoms with van der Waals surface area (Å²) in [6.45, 7) is 0. The molecular formula is C7H8CuO6S. The van der Waals surface area contributed by atoms with Gasteiger partial charge in [-0.2, -0.15) is 8.42 Å². The van der Waals surface area contributed by atoms with Crippen molar-refractivity contribution in [3.8, 4) is 0 Å². The molecule has 0 heterocycles. The molecule has 15 heavy (non-hydrogen) atoms. The molecule has 1 radical (unpaired) electrons. The number of hydrogen-bond donors (Lipinski definition) is 3. The van der Waals surface area contributed by atoms with Gasteiger partial charge in [0.2, 0.25) is 0 Å². The van der Waals surface area contributed by atoms with Gasteiger partial charge in [0.25, 0.3) is 0 Å². The quantitative estimate of drug-likeness (QED) is 0.517. The zero-order valence-electron chi connectivity index (χ0n) is 7.16. The molecule has 1 rings (SSSR count). The third-order valence-corrected chi connectivity index (χ3v) is 1.02. The van der Waals surface area contributed by atoms with Crippen molar-refractivity contribution in [3.63, 3.8) is 0 Å². The van der Waals surface area contributed by atoms with Crippen molar-refractivity contribution < 1.29 is 44.5 Å². The molecule has 0 aromatic heterocycles. The molecule has 6 nitrogen and oxygen atoms in total. The van der Waals surface area contributed by atoms with Crippen LogP contribution in [0.25, 0.3) is 0 Å². The molecular weight excluding hydrogens is 276 g/mol. The number of carboxylic acid groups (broad SMARTS) is 1. The second-order valence-electron chi connectivity index (χ2n) is 2.12. The Balaban J connectivity index is 0. The molecule has 1 aromatic carbocycles. The molecule has 3 N–H and O–H groups in total. The summed E-state index contributed by atoms with van der Waals surface area (Å²) in [6.07, 6.45) is 0. The normalized spacial score (nSPS) is 9.20. The van der Waals surface area contributed by atoms with Crippen molar-refractivity contribution in [2.45, 2.75) is 0 Å². The third-order valence-electron chi connectivity index (χ3n) is 1.02. The van der Waals surface area contributed by atoms with Gasteiger partial charge in [-0.05, 0) is 12.1 Å². The largest absolute Gasteiger partial charge is 0.478 e. The first-order valence-electron chi connectivity index (χ1n) is 3.29. The van der Waals surface area contributed by atoms with Crippen molar-refractivity contribution in [3.05, 3.63) is 35.9 Å². The van der Waals surface area contributed by atoms with E-state index in [4.69, 9.17) is 22.6 Å². The van der Waals surface area contributed by atoms with Crippen LogP contribution in [-0.4, -0.2) is 28.6 Å². The minimum Gasteiger partial charge on any atom is -0.478 e. The maximum absolute atomic E-state index is 10.2. The Kier molecular flexibility index (Phi) is 8.12. The molecule has 0 fully saturated rings. The SMILES string of the molecule is O=C(O)c1ccccc1.O=S(=O)(O)O.[Cu]. The van der Waals surface area contributed by atoms with Gasteiger partial charge in [-0.1, -0.05) is 18.2 Å². The number of rotatable bonds is 1. The van der Waals surface area contributed by atoms with Crippen LogP contribution in [0.5, 0.6) is 0 Å². The van der Waals surface area contributed by atoms with Gasteiger partial charge < -0.3 is 5.11 Å². The summed E-state index contributed by atoms with van der Waals surface area (Å²) in [4.78, 5) is 10.2. The number of aromatic carboxylic acids is 1. The molecule has 0 spiro atoms. The van der Waals surface area contributed by atoms with Gasteiger partial charge in [-0.25, -0.2) is 4.79 Å². The Morgan fingerprint density at radius 2 is 1.40 bits per heavy atom. The van der Waals surface area contributed by atoms with E-state index in [9.17, 15) is 4.79 Å². The van der Waals surface area contributed by atoms with Crippen LogP contribution >= 0.6 is 0 Å². The van der Waals surface area contributed by atoms with E-state index in [0.29, 0.717) is 5.56 Å². The second kappa shape index (κ2) is 7.38. The predicted molar refractivity (Wildman–Crippen MR) is 47.6 cm³/mol. The average molecular weight is 284 g/mol. The average Bonchev–Trinajstić information content (AvgIpc) is 2.03. The zero-order chi connectivity index (χ0) is 11.2. The van der Waals surface area contributed by atoms with Crippen LogP contribution in [0.2, 0.25) is 0 Å². The molecule has 0 amide bonds. The first kappa shape index (κ1) is 16.5. The maximum atomic E-state index is 10.2. The number of hydrogen-bond acceptors (Lipinski definition) is 3. The van der Waals surface area contributed by atoms with Crippen LogP contribution in [0.1, 0.15) is 10.4 Å². The van der Waals surface area contributed by atoms with Gasteiger partial charge in [0, 0.05) is 17.1 Å². The van der Waals surface area contributed by atoms with E-state index < -0.39 is 16.4 Å². The summed E-state index contributed by atoms with van der Waals surface area (Å²) >= 11 is 0. The second-order valence-corrected chi connectivity index (χ2v) is 3.01. The smallest absolute Gasteiger partial charge is 0.394 e. The monoisotopic (exact) mass is 283 g/mol. The van der Waals surface area contributed by atoms with Crippen molar-refractivity contribution in [1.82, 2.24) is 0 Å². The molecule has 0 bridgehead atoms. The van der Waals surface area contributed by atoms with E-state index in [1.54, 1.807) is 30.3 Å². The van der Waals surface area contributed by atoms with E-state index in [2.05, 4.69) is 0 Å². The summed E-state index contributed by atoms with van der Waals surface area (Å²) in [6, 6.07) is 8.30. The van der Waals surface area contributed by atoms with Crippen LogP contribution < -0.4 is 0 Å². The Labute approximate surface area is 97.0 Å². The van der Waals surface area contributed by atoms with Crippen LogP contribution in [0, 0.1) is 0 Å². The molecule has 0 aliphatic heterocycles. The molecule has 0 aliphatic carbocycles. The first-order valence-corrected chi connectivity index (χ1v) is 4.68. The van der Waals surface area contributed by atoms with E-state index in [0.717, 1.165) is 0 Å². The summed E-state index contributed by atoms with van der Waals surface area (Å²) in [5, 5.41) is 8.38. The Morgan fingerprint density at radius 1 is 1.07 bits per heavy atom. The fraction of sp³-hybridized carbons (Fsp3) is 0. The van der Waals surface area contributed by atoms with Gasteiger partial charge in [0.1, 0.15) is 0 Å². The van der Waals surface area contributed by atoms with Crippen molar-refractivity contribution in [2.75, 3.05) is 0 Å². The Bertz CT molecular complexity index is 379. The first-order chi connectivity index (χ1) is 6.30. The van der Waals surface area contributed by atoms with Gasteiger partial charge in [0.15, 0.2) is 0 Å². The molecule has 0 saturated carbocycles. The van der Waals surface area contributed by atoms with Gasteiger partial charge in [-0.3, -0.25) is 9.11 Å². The van der Waals surface area contributed by atoms with E-state index in [-0.39, 0.29) is 17.1 Å². The van der Waals surface area contributed by atoms with Crippen molar-refractivity contribution in [2.24, 2.45) is 0 Å². The van der Waals surface area contributed by atoms with Gasteiger partial charge >= 0.3 is 16.4 Å². The Hall–Kier alpha value is -0.921. The number of benzene rings is 1. The minimum atomic E-state index is -4.67. The van der Waals surface area contributed by atoms with Crippen LogP contribution in [-0.2, 0) is 27.5 Å². The standard InChI is InChI=1S/C7H6O2.Cu.H2O4S/c8-7(9)6-4-2-1-3-5-6;;1-5(2,3)4/h1-5H,(H,8,9);;(H2,1,2,3,4). The summed E-state index contributed by atoms with van der Waals surface area (Å²) < 4.78 is 31.6. The number of carboxylic acids is 1. The maximum Gasteiger partial charge on any atom is 0.394 e. The molecule has 0 unspecified atom stereocenters. The minimum absolute atomic E-state index is 0. The molecule has 0 atom stereocenters. The van der Waals surface area contributed by atoms with E-state index in [1.165, 1.54) is 0 Å². The van der Waals surface area contributed by atoms with Crippen LogP contribution in [0.4, 0.5) is 0 Å². The molecule has 0 aliphatic rings. The third kappa shape index (κ3) is 13.1. The predicted octanol–water partition coefficient (Wildman–Crippen LogP) is 0.730. The summed E-state index contributed by atoms with van der Waals surface area (Å²) in [7, 11) is -4.67. The topological polar surface area (TPSA) is 112 Å². The van der Waals surface area contributed by atoms with Crippen LogP contribution in [0.15, 0.2) is 30.3 Å². The van der Waals surface area contributed by atoms with Crippen molar-refractivity contribution in [1.29, 1.82) is 0 Å².